The number of rotatable bonds is 11. The smallest absolute Gasteiger partial charge is 0.333 e. The summed E-state index contributed by atoms with van der Waals surface area (Å²) in [7, 11) is 0. The Kier molecular flexibility index (Phi) is 8.36. The normalized spacial score (nSPS) is 11.1. The highest BCUT2D eigenvalue weighted by molar-refractivity contribution is 7.99. The minimum Gasteiger partial charge on any atom is -0.460 e. The second-order valence-electron chi connectivity index (χ2n) is 7.96. The summed E-state index contributed by atoms with van der Waals surface area (Å²) in [6.45, 7) is 7.10. The van der Waals surface area contributed by atoms with Crippen molar-refractivity contribution in [3.8, 4) is 0 Å². The van der Waals surface area contributed by atoms with E-state index in [-0.39, 0.29) is 6.61 Å². The fraction of sp³-hybridized carbons (Fsp3) is 0.207. The molecule has 0 radical (unpaired) electrons. The number of benzene rings is 4. The Morgan fingerprint density at radius 2 is 1.47 bits per heavy atom. The van der Waals surface area contributed by atoms with Crippen molar-refractivity contribution < 1.29 is 19.0 Å². The van der Waals surface area contributed by atoms with Crippen LogP contribution in [0, 0.1) is 0 Å². The molecule has 0 aromatic heterocycles. The summed E-state index contributed by atoms with van der Waals surface area (Å²) in [6.07, 6.45) is 0. The average molecular weight is 473 g/mol. The van der Waals surface area contributed by atoms with Crippen molar-refractivity contribution in [3.05, 3.63) is 96.6 Å². The molecule has 0 spiro atoms. The Morgan fingerprint density at radius 3 is 2.29 bits per heavy atom. The van der Waals surface area contributed by atoms with Gasteiger partial charge < -0.3 is 14.2 Å². The van der Waals surface area contributed by atoms with E-state index in [4.69, 9.17) is 14.2 Å². The molecule has 4 rings (SSSR count). The highest BCUT2D eigenvalue weighted by Gasteiger charge is 2.10. The summed E-state index contributed by atoms with van der Waals surface area (Å²) in [6, 6.07) is 27.7. The van der Waals surface area contributed by atoms with Crippen molar-refractivity contribution in [3.63, 3.8) is 0 Å². The molecule has 4 aromatic carbocycles. The highest BCUT2D eigenvalue weighted by Crippen LogP contribution is 2.34. The van der Waals surface area contributed by atoms with Gasteiger partial charge in [-0.1, -0.05) is 66.9 Å². The van der Waals surface area contributed by atoms with E-state index in [9.17, 15) is 4.79 Å². The summed E-state index contributed by atoms with van der Waals surface area (Å²) >= 11 is 1.76. The first-order valence-corrected chi connectivity index (χ1v) is 12.1. The SMILES string of the molecule is C=C(C)C(=O)OCCOCCOCc1c2ccccc2cc2ccc(Sc3ccccc3)cc12. The van der Waals surface area contributed by atoms with Crippen molar-refractivity contribution in [1.82, 2.24) is 0 Å². The van der Waals surface area contributed by atoms with Gasteiger partial charge in [0.2, 0.25) is 0 Å². The molecule has 0 heterocycles. The second-order valence-corrected chi connectivity index (χ2v) is 9.10. The van der Waals surface area contributed by atoms with Gasteiger partial charge >= 0.3 is 5.97 Å². The Balaban J connectivity index is 1.43. The van der Waals surface area contributed by atoms with Crippen LogP contribution < -0.4 is 0 Å². The highest BCUT2D eigenvalue weighted by atomic mass is 32.2. The number of carbonyl (C=O) groups is 1. The van der Waals surface area contributed by atoms with Crippen LogP contribution in [-0.4, -0.2) is 32.4 Å². The molecule has 0 aliphatic carbocycles. The summed E-state index contributed by atoms with van der Waals surface area (Å²) in [5.74, 6) is -0.396. The third kappa shape index (κ3) is 6.26. The van der Waals surface area contributed by atoms with Crippen LogP contribution in [0.1, 0.15) is 12.5 Å². The van der Waals surface area contributed by atoms with E-state index in [1.54, 1.807) is 18.7 Å². The molecule has 0 saturated carbocycles. The predicted octanol–water partition coefficient (Wildman–Crippen LogP) is 6.80. The number of ether oxygens (including phenoxy) is 3. The molecule has 0 unspecified atom stereocenters. The molecule has 0 aliphatic heterocycles. The fourth-order valence-electron chi connectivity index (χ4n) is 3.69. The van der Waals surface area contributed by atoms with Crippen LogP contribution in [-0.2, 0) is 25.6 Å². The van der Waals surface area contributed by atoms with Gasteiger partial charge in [-0.2, -0.15) is 0 Å². The number of carbonyl (C=O) groups excluding carboxylic acids is 1. The first kappa shape index (κ1) is 24.0. The van der Waals surface area contributed by atoms with Crippen LogP contribution in [0.25, 0.3) is 21.5 Å². The predicted molar refractivity (Wildman–Crippen MR) is 138 cm³/mol. The maximum absolute atomic E-state index is 11.4. The fourth-order valence-corrected chi connectivity index (χ4v) is 4.57. The van der Waals surface area contributed by atoms with E-state index in [1.165, 1.54) is 36.9 Å². The van der Waals surface area contributed by atoms with Crippen LogP contribution in [0.5, 0.6) is 0 Å². The van der Waals surface area contributed by atoms with Crippen molar-refractivity contribution in [1.29, 1.82) is 0 Å². The molecule has 0 fully saturated rings. The van der Waals surface area contributed by atoms with Crippen molar-refractivity contribution >= 4 is 39.3 Å². The Morgan fingerprint density at radius 1 is 0.765 bits per heavy atom. The summed E-state index contributed by atoms with van der Waals surface area (Å²) in [4.78, 5) is 13.8. The molecule has 34 heavy (non-hydrogen) atoms. The first-order valence-electron chi connectivity index (χ1n) is 11.3. The van der Waals surface area contributed by atoms with Gasteiger partial charge in [0.15, 0.2) is 0 Å². The minimum absolute atomic E-state index is 0.210. The zero-order valence-electron chi connectivity index (χ0n) is 19.3. The Labute approximate surface area is 204 Å². The lowest BCUT2D eigenvalue weighted by Gasteiger charge is -2.14. The molecule has 5 heteroatoms. The van der Waals surface area contributed by atoms with Crippen molar-refractivity contribution in [2.45, 2.75) is 23.3 Å². The van der Waals surface area contributed by atoms with Gasteiger partial charge in [0.05, 0.1) is 26.4 Å². The molecule has 0 amide bonds. The largest absolute Gasteiger partial charge is 0.460 e. The molecule has 4 aromatic rings. The zero-order chi connectivity index (χ0) is 23.8. The monoisotopic (exact) mass is 472 g/mol. The van der Waals surface area contributed by atoms with Crippen LogP contribution in [0.2, 0.25) is 0 Å². The lowest BCUT2D eigenvalue weighted by atomic mass is 9.97. The minimum atomic E-state index is -0.396. The molecule has 0 bridgehead atoms. The molecule has 0 aliphatic rings. The third-order valence-corrected chi connectivity index (χ3v) is 6.35. The second kappa shape index (κ2) is 11.8. The number of esters is 1. The van der Waals surface area contributed by atoms with Gasteiger partial charge in [-0.05, 0) is 64.4 Å². The van der Waals surface area contributed by atoms with E-state index in [0.717, 1.165) is 0 Å². The maximum Gasteiger partial charge on any atom is 0.333 e. The van der Waals surface area contributed by atoms with Gasteiger partial charge in [0.25, 0.3) is 0 Å². The third-order valence-electron chi connectivity index (χ3n) is 5.35. The van der Waals surface area contributed by atoms with E-state index < -0.39 is 5.97 Å². The van der Waals surface area contributed by atoms with Gasteiger partial charge in [0, 0.05) is 15.4 Å². The number of hydrogen-bond acceptors (Lipinski definition) is 5. The molecule has 174 valence electrons. The topological polar surface area (TPSA) is 44.8 Å². The molecule has 4 nitrogen and oxygen atoms in total. The van der Waals surface area contributed by atoms with Crippen molar-refractivity contribution in [2.24, 2.45) is 0 Å². The lowest BCUT2D eigenvalue weighted by Crippen LogP contribution is -2.13. The van der Waals surface area contributed by atoms with E-state index in [2.05, 4.69) is 79.4 Å². The Hall–Kier alpha value is -3.12. The molecule has 0 atom stereocenters. The molecular weight excluding hydrogens is 444 g/mol. The maximum atomic E-state index is 11.4. The zero-order valence-corrected chi connectivity index (χ0v) is 20.1. The van der Waals surface area contributed by atoms with Gasteiger partial charge in [-0.3, -0.25) is 0 Å². The molecule has 0 saturated heterocycles. The quantitative estimate of drug-likeness (QED) is 0.104. The van der Waals surface area contributed by atoms with E-state index in [1.807, 2.05) is 6.07 Å². The van der Waals surface area contributed by atoms with Gasteiger partial charge in [-0.15, -0.1) is 0 Å². The molecular formula is C29H28O4S. The first-order chi connectivity index (χ1) is 16.6. The van der Waals surface area contributed by atoms with Crippen LogP contribution in [0.3, 0.4) is 0 Å². The van der Waals surface area contributed by atoms with E-state index in [0.29, 0.717) is 32.0 Å². The standard InChI is InChI=1S/C29H28O4S/c1-21(2)29(30)33-17-16-31-14-15-32-20-28-26-11-7-6-8-22(26)18-23-12-13-25(19-27(23)28)34-24-9-4-3-5-10-24/h3-13,18-19H,1,14-17,20H2,2H3. The van der Waals surface area contributed by atoms with Crippen LogP contribution >= 0.6 is 11.8 Å². The van der Waals surface area contributed by atoms with E-state index >= 15 is 0 Å². The molecule has 0 N–H and O–H groups in total. The van der Waals surface area contributed by atoms with Crippen LogP contribution in [0.4, 0.5) is 0 Å². The average Bonchev–Trinajstić information content (AvgIpc) is 2.85. The van der Waals surface area contributed by atoms with Gasteiger partial charge in [0.1, 0.15) is 6.61 Å². The number of hydrogen-bond donors (Lipinski definition) is 0. The Bertz CT molecular complexity index is 1280. The van der Waals surface area contributed by atoms with Gasteiger partial charge in [-0.25, -0.2) is 4.79 Å². The lowest BCUT2D eigenvalue weighted by molar-refractivity contribution is -0.140. The number of fused-ring (bicyclic) bond motifs is 2. The van der Waals surface area contributed by atoms with Crippen molar-refractivity contribution in [2.75, 3.05) is 26.4 Å². The summed E-state index contributed by atoms with van der Waals surface area (Å²) in [5, 5.41) is 4.80. The summed E-state index contributed by atoms with van der Waals surface area (Å²) in [5.41, 5.74) is 1.56. The van der Waals surface area contributed by atoms with Crippen LogP contribution in [0.15, 0.2) is 101 Å². The summed E-state index contributed by atoms with van der Waals surface area (Å²) < 4.78 is 16.6.